The lowest BCUT2D eigenvalue weighted by atomic mass is 9.95. The molecule has 29 nitrogen and oxygen atoms in total. The molecule has 9 amide bonds. The minimum atomic E-state index is -1.28. The van der Waals surface area contributed by atoms with Crippen molar-refractivity contribution in [3.63, 3.8) is 0 Å². The molecule has 0 saturated heterocycles. The first-order valence-corrected chi connectivity index (χ1v) is 32.5. The van der Waals surface area contributed by atoms with Gasteiger partial charge in [0.2, 0.25) is 41.4 Å². The highest BCUT2D eigenvalue weighted by atomic mass is 16.5. The number of carbonyl (C=O) groups is 10. The maximum absolute atomic E-state index is 13.7. The Morgan fingerprint density at radius 3 is 1.72 bits per heavy atom. The van der Waals surface area contributed by atoms with Gasteiger partial charge in [-0.25, -0.2) is 9.48 Å². The van der Waals surface area contributed by atoms with Gasteiger partial charge in [-0.3, -0.25) is 43.2 Å². The van der Waals surface area contributed by atoms with Gasteiger partial charge in [-0.15, -0.1) is 5.10 Å². The Morgan fingerprint density at radius 1 is 0.564 bits per heavy atom. The first kappa shape index (κ1) is 78.5. The summed E-state index contributed by atoms with van der Waals surface area (Å²) >= 11 is 0. The largest absolute Gasteiger partial charge is 0.481 e. The highest BCUT2D eigenvalue weighted by molar-refractivity contribution is 6.00. The molecule has 1 aromatic heterocycles. The number of ether oxygens (including phenoxy) is 6. The van der Waals surface area contributed by atoms with Crippen LogP contribution in [0.4, 0.5) is 10.5 Å². The van der Waals surface area contributed by atoms with Crippen LogP contribution in [0.1, 0.15) is 118 Å². The molecule has 0 saturated carbocycles. The number of ketones is 1. The number of amides is 9. The number of carbonyl (C=O) groups excluding carboxylic acids is 9. The Kier molecular flexibility index (Phi) is 36.6. The number of fused-ring (bicyclic) bond motifs is 5. The maximum Gasteiger partial charge on any atom is 0.312 e. The van der Waals surface area contributed by atoms with E-state index >= 15 is 0 Å². The van der Waals surface area contributed by atoms with Gasteiger partial charge < -0.3 is 81.4 Å². The number of para-hydroxylation sites is 1. The summed E-state index contributed by atoms with van der Waals surface area (Å²) in [6, 6.07) is 11.0. The molecule has 0 fully saturated rings. The van der Waals surface area contributed by atoms with Gasteiger partial charge >= 0.3 is 12.0 Å². The number of hydrogen-bond donors (Lipinski definition) is 9. The summed E-state index contributed by atoms with van der Waals surface area (Å²) < 4.78 is 35.0. The van der Waals surface area contributed by atoms with E-state index in [1.54, 1.807) is 27.7 Å². The average Bonchev–Trinajstić information content (AvgIpc) is 1.47. The Bertz CT molecular complexity index is 2890. The molecule has 2 aromatic carbocycles. The van der Waals surface area contributed by atoms with Gasteiger partial charge in [-0.05, 0) is 62.0 Å². The van der Waals surface area contributed by atoms with Gasteiger partial charge in [0.25, 0.3) is 0 Å². The molecule has 4 atom stereocenters. The molecule has 3 aromatic rings. The highest BCUT2D eigenvalue weighted by Crippen LogP contribution is 2.41. The Morgan fingerprint density at radius 2 is 1.13 bits per heavy atom. The van der Waals surface area contributed by atoms with Crippen molar-refractivity contribution in [2.45, 2.75) is 150 Å². The summed E-state index contributed by atoms with van der Waals surface area (Å²) in [5.41, 5.74) is 10.2. The number of nitrogens with one attached hydrogen (secondary N) is 7. The molecular formula is C65H100N12O17. The van der Waals surface area contributed by atoms with Gasteiger partial charge in [-0.1, -0.05) is 89.2 Å². The van der Waals surface area contributed by atoms with E-state index in [9.17, 15) is 53.1 Å². The number of primary amides is 1. The number of benzene rings is 2. The molecule has 94 heavy (non-hydrogen) atoms. The second-order valence-electron chi connectivity index (χ2n) is 23.7. The lowest BCUT2D eigenvalue weighted by molar-refractivity contribution is -0.138. The van der Waals surface area contributed by atoms with Gasteiger partial charge in [-0.2, -0.15) is 0 Å². The second kappa shape index (κ2) is 43.8. The van der Waals surface area contributed by atoms with Gasteiger partial charge in [0, 0.05) is 75.8 Å². The van der Waals surface area contributed by atoms with Crippen molar-refractivity contribution >= 4 is 64.8 Å². The van der Waals surface area contributed by atoms with E-state index in [4.69, 9.17) is 34.2 Å². The first-order valence-electron chi connectivity index (χ1n) is 32.5. The molecule has 2 heterocycles. The molecule has 1 aliphatic rings. The van der Waals surface area contributed by atoms with Crippen molar-refractivity contribution < 1.29 is 81.5 Å². The van der Waals surface area contributed by atoms with Gasteiger partial charge in [0.15, 0.2) is 5.78 Å². The number of nitrogens with zero attached hydrogens (tertiary/aromatic N) is 4. The number of urea groups is 1. The van der Waals surface area contributed by atoms with E-state index in [0.717, 1.165) is 33.8 Å². The number of aliphatic carboxylic acids is 1. The standard InChI is InChI=1S/C65H100N12O17/c1-43(2)41-56(81)76-42-47-15-8-9-16-48(47)59-60(49-17-10-11-20-53(49)76)77(75-74-59)28-13-12-18-51(70-46(7)78)62(85)68-27-32-92-36-40-93-37-33-89-29-23-54(79)67-26-31-91-35-39-94-38-34-90-30-24-55(80)71-52(21-22-57(82)83)63(86)73-58(44(3)4)64(87)72-50(61(84)45(5)6)19-14-25-69-65(66)88/h8-11,15-17,20,43-45,50-52,58H,12-14,18-19,21-42H2,1-7H3,(H,67,79)(H,68,85)(H,70,78)(H,71,80)(H,72,87)(H,73,86)(H,82,83)(H3,66,69,88). The van der Waals surface area contributed by atoms with Crippen LogP contribution in [0.5, 0.6) is 0 Å². The average molecular weight is 1320 g/mol. The summed E-state index contributed by atoms with van der Waals surface area (Å²) in [6.45, 7) is 16.4. The normalized spacial score (nSPS) is 13.1. The van der Waals surface area contributed by atoms with Crippen molar-refractivity contribution in [3.05, 3.63) is 54.1 Å². The van der Waals surface area contributed by atoms with Crippen LogP contribution < -0.4 is 47.9 Å². The molecule has 522 valence electrons. The Hall–Kier alpha value is -7.96. The van der Waals surface area contributed by atoms with E-state index < -0.39 is 72.1 Å². The van der Waals surface area contributed by atoms with Crippen LogP contribution in [0.3, 0.4) is 0 Å². The van der Waals surface area contributed by atoms with Crippen molar-refractivity contribution in [3.8, 4) is 22.5 Å². The van der Waals surface area contributed by atoms with E-state index in [1.807, 2.05) is 72.0 Å². The number of unbranched alkanes of at least 4 members (excludes halogenated alkanes) is 1. The number of rotatable bonds is 48. The van der Waals surface area contributed by atoms with Crippen molar-refractivity contribution in [2.24, 2.45) is 23.5 Å². The number of carboxylic acid groups (broad SMARTS) is 1. The fraction of sp³-hybridized carbons (Fsp3) is 0.631. The number of nitrogens with two attached hydrogens (primary N) is 1. The lowest BCUT2D eigenvalue weighted by Crippen LogP contribution is -2.57. The molecule has 0 radical (unpaired) electrons. The molecule has 4 unspecified atom stereocenters. The first-order chi connectivity index (χ1) is 45.1. The number of aryl methyl sites for hydroxylation is 1. The van der Waals surface area contributed by atoms with Crippen LogP contribution in [0.2, 0.25) is 0 Å². The maximum atomic E-state index is 13.7. The van der Waals surface area contributed by atoms with E-state index in [-0.39, 0.29) is 153 Å². The molecule has 0 bridgehead atoms. The lowest BCUT2D eigenvalue weighted by Gasteiger charge is -2.29. The zero-order valence-corrected chi connectivity index (χ0v) is 55.6. The van der Waals surface area contributed by atoms with Crippen LogP contribution in [0.25, 0.3) is 22.5 Å². The van der Waals surface area contributed by atoms with Crippen LogP contribution >= 0.6 is 0 Å². The summed E-state index contributed by atoms with van der Waals surface area (Å²) in [7, 11) is 0. The molecule has 10 N–H and O–H groups in total. The van der Waals surface area contributed by atoms with Crippen LogP contribution in [0.15, 0.2) is 48.5 Å². The molecule has 29 heteroatoms. The topological polar surface area (TPSA) is 390 Å². The zero-order valence-electron chi connectivity index (χ0n) is 55.6. The molecule has 0 spiro atoms. The van der Waals surface area contributed by atoms with E-state index in [0.29, 0.717) is 51.8 Å². The number of anilines is 1. The Balaban J connectivity index is 0.996. The Labute approximate surface area is 550 Å². The SMILES string of the molecule is CC(=O)NC(CCCCn1nnc2c1-c1ccccc1N(C(=O)CC(C)C)Cc1ccccc1-2)C(=O)NCCOCCOCCOCCC(=O)NCCOCCOCCOCCC(=O)NC(CCC(=O)O)C(=O)NC(C(=O)NC(CCCNC(N)=O)C(=O)C(C)C)C(C)C. The fourth-order valence-corrected chi connectivity index (χ4v) is 9.97. The van der Waals surface area contributed by atoms with Crippen molar-refractivity contribution in [1.82, 2.24) is 52.2 Å². The van der Waals surface area contributed by atoms with Crippen LogP contribution in [0, 0.1) is 17.8 Å². The second-order valence-corrected chi connectivity index (χ2v) is 23.7. The molecular weight excluding hydrogens is 1220 g/mol. The minimum absolute atomic E-state index is 0.0270. The third-order valence-electron chi connectivity index (χ3n) is 14.8. The van der Waals surface area contributed by atoms with Crippen LogP contribution in [-0.2, 0) is 84.7 Å². The predicted octanol–water partition coefficient (Wildman–Crippen LogP) is 2.94. The van der Waals surface area contributed by atoms with Gasteiger partial charge in [0.1, 0.15) is 23.8 Å². The summed E-state index contributed by atoms with van der Waals surface area (Å²) in [4.78, 5) is 128. The third-order valence-corrected chi connectivity index (χ3v) is 14.8. The molecule has 1 aliphatic heterocycles. The molecule has 0 aliphatic carbocycles. The summed E-state index contributed by atoms with van der Waals surface area (Å²) in [5, 5.41) is 37.2. The third kappa shape index (κ3) is 29.5. The number of Topliss-reactive ketones (excluding diaryl/α,β-unsaturated/α-hetero) is 1. The number of hydrogen-bond acceptors (Lipinski definition) is 18. The number of aromatic nitrogens is 3. The van der Waals surface area contributed by atoms with Crippen molar-refractivity contribution in [1.29, 1.82) is 0 Å². The quantitative estimate of drug-likeness (QED) is 0.0367. The van der Waals surface area contributed by atoms with E-state index in [2.05, 4.69) is 47.5 Å². The van der Waals surface area contributed by atoms with Crippen LogP contribution in [-0.4, -0.2) is 202 Å². The minimum Gasteiger partial charge on any atom is -0.481 e. The zero-order chi connectivity index (χ0) is 68.8. The van der Waals surface area contributed by atoms with Gasteiger partial charge in [0.05, 0.1) is 103 Å². The summed E-state index contributed by atoms with van der Waals surface area (Å²) in [5.74, 6) is -4.93. The number of carboxylic acids is 1. The smallest absolute Gasteiger partial charge is 0.312 e. The van der Waals surface area contributed by atoms with Crippen molar-refractivity contribution in [2.75, 3.05) is 104 Å². The molecule has 4 rings (SSSR count). The predicted molar refractivity (Wildman–Crippen MR) is 347 cm³/mol. The fourth-order valence-electron chi connectivity index (χ4n) is 9.97. The summed E-state index contributed by atoms with van der Waals surface area (Å²) in [6.07, 6.45) is 1.89. The monoisotopic (exact) mass is 1320 g/mol. The van der Waals surface area contributed by atoms with E-state index in [1.165, 1.54) is 6.92 Å². The highest BCUT2D eigenvalue weighted by Gasteiger charge is 2.33.